The molecule has 0 aliphatic heterocycles. The Balaban J connectivity index is 3.90. The monoisotopic (exact) mass is 230 g/mol. The summed E-state index contributed by atoms with van der Waals surface area (Å²) < 4.78 is 0. The first kappa shape index (κ1) is 15.9. The highest BCUT2D eigenvalue weighted by Crippen LogP contribution is 2.00. The highest BCUT2D eigenvalue weighted by atomic mass is 16.3. The second-order valence-corrected chi connectivity index (χ2v) is 4.41. The molecule has 0 bridgehead atoms. The van der Waals surface area contributed by atoms with E-state index in [2.05, 4.69) is 31.0 Å². The molecule has 3 nitrogen and oxygen atoms in total. The SMILES string of the molecule is CCCCN(CC)CC(CCO)NCCC. The van der Waals surface area contributed by atoms with Crippen LogP contribution in [-0.4, -0.2) is 48.8 Å². The smallest absolute Gasteiger partial charge is 0.0446 e. The molecular formula is C13H30N2O. The van der Waals surface area contributed by atoms with Crippen LogP contribution in [0.25, 0.3) is 0 Å². The van der Waals surface area contributed by atoms with Crippen molar-refractivity contribution >= 4 is 0 Å². The number of nitrogens with one attached hydrogen (secondary N) is 1. The van der Waals surface area contributed by atoms with E-state index in [9.17, 15) is 0 Å². The second-order valence-electron chi connectivity index (χ2n) is 4.41. The van der Waals surface area contributed by atoms with Gasteiger partial charge in [-0.2, -0.15) is 0 Å². The normalized spacial score (nSPS) is 13.3. The standard InChI is InChI=1S/C13H30N2O/c1-4-7-10-15(6-3)12-13(8-11-16)14-9-5-2/h13-14,16H,4-12H2,1-3H3. The quantitative estimate of drug-likeness (QED) is 0.569. The van der Waals surface area contributed by atoms with Gasteiger partial charge in [-0.05, 0) is 38.9 Å². The molecular weight excluding hydrogens is 200 g/mol. The Labute approximate surface area is 101 Å². The van der Waals surface area contributed by atoms with E-state index >= 15 is 0 Å². The highest BCUT2D eigenvalue weighted by Gasteiger charge is 2.11. The lowest BCUT2D eigenvalue weighted by molar-refractivity contribution is 0.211. The van der Waals surface area contributed by atoms with Crippen LogP contribution in [0.2, 0.25) is 0 Å². The fourth-order valence-electron chi connectivity index (χ4n) is 1.83. The maximum Gasteiger partial charge on any atom is 0.0446 e. The van der Waals surface area contributed by atoms with Crippen LogP contribution < -0.4 is 5.32 Å². The van der Waals surface area contributed by atoms with Gasteiger partial charge in [0.2, 0.25) is 0 Å². The molecule has 0 aliphatic rings. The van der Waals surface area contributed by atoms with Gasteiger partial charge >= 0.3 is 0 Å². The summed E-state index contributed by atoms with van der Waals surface area (Å²) in [7, 11) is 0. The molecule has 0 aliphatic carbocycles. The molecule has 0 aromatic rings. The third-order valence-corrected chi connectivity index (χ3v) is 2.91. The fourth-order valence-corrected chi connectivity index (χ4v) is 1.83. The predicted molar refractivity (Wildman–Crippen MR) is 70.8 cm³/mol. The summed E-state index contributed by atoms with van der Waals surface area (Å²) in [5.74, 6) is 0. The number of unbranched alkanes of at least 4 members (excludes halogenated alkanes) is 1. The van der Waals surface area contributed by atoms with Gasteiger partial charge in [0.1, 0.15) is 0 Å². The molecule has 0 heterocycles. The van der Waals surface area contributed by atoms with Crippen LogP contribution in [0, 0.1) is 0 Å². The van der Waals surface area contributed by atoms with Gasteiger partial charge < -0.3 is 15.3 Å². The Morgan fingerprint density at radius 3 is 2.44 bits per heavy atom. The number of hydrogen-bond acceptors (Lipinski definition) is 3. The van der Waals surface area contributed by atoms with Crippen molar-refractivity contribution < 1.29 is 5.11 Å². The van der Waals surface area contributed by atoms with Gasteiger partial charge in [-0.15, -0.1) is 0 Å². The number of hydrogen-bond donors (Lipinski definition) is 2. The third kappa shape index (κ3) is 8.08. The number of likely N-dealkylation sites (N-methyl/N-ethyl adjacent to an activating group) is 1. The number of aliphatic hydroxyl groups is 1. The molecule has 0 amide bonds. The molecule has 0 spiro atoms. The van der Waals surface area contributed by atoms with E-state index in [1.807, 2.05) is 0 Å². The fraction of sp³-hybridized carbons (Fsp3) is 1.00. The average Bonchev–Trinajstić information content (AvgIpc) is 2.31. The van der Waals surface area contributed by atoms with Crippen LogP contribution in [-0.2, 0) is 0 Å². The zero-order valence-electron chi connectivity index (χ0n) is 11.3. The van der Waals surface area contributed by atoms with Crippen LogP contribution >= 0.6 is 0 Å². The van der Waals surface area contributed by atoms with E-state index in [0.717, 1.165) is 32.5 Å². The maximum absolute atomic E-state index is 9.04. The first-order valence-corrected chi connectivity index (χ1v) is 6.84. The van der Waals surface area contributed by atoms with Crippen molar-refractivity contribution in [1.82, 2.24) is 10.2 Å². The van der Waals surface area contributed by atoms with Crippen molar-refractivity contribution in [2.45, 2.75) is 52.5 Å². The van der Waals surface area contributed by atoms with Crippen LogP contribution in [0.15, 0.2) is 0 Å². The van der Waals surface area contributed by atoms with E-state index in [1.54, 1.807) is 0 Å². The minimum Gasteiger partial charge on any atom is -0.396 e. The minimum absolute atomic E-state index is 0.284. The number of rotatable bonds is 11. The molecule has 0 fully saturated rings. The molecule has 98 valence electrons. The van der Waals surface area contributed by atoms with Gasteiger partial charge in [-0.1, -0.05) is 27.2 Å². The van der Waals surface area contributed by atoms with Gasteiger partial charge in [0.15, 0.2) is 0 Å². The van der Waals surface area contributed by atoms with Crippen molar-refractivity contribution in [2.24, 2.45) is 0 Å². The molecule has 0 saturated carbocycles. The molecule has 0 aromatic heterocycles. The molecule has 0 saturated heterocycles. The largest absolute Gasteiger partial charge is 0.396 e. The molecule has 1 atom stereocenters. The van der Waals surface area contributed by atoms with E-state index < -0.39 is 0 Å². The third-order valence-electron chi connectivity index (χ3n) is 2.91. The Morgan fingerprint density at radius 2 is 1.94 bits per heavy atom. The Hall–Kier alpha value is -0.120. The van der Waals surface area contributed by atoms with Crippen molar-refractivity contribution in [3.05, 3.63) is 0 Å². The highest BCUT2D eigenvalue weighted by molar-refractivity contribution is 4.71. The van der Waals surface area contributed by atoms with Gasteiger partial charge in [-0.3, -0.25) is 0 Å². The zero-order valence-corrected chi connectivity index (χ0v) is 11.3. The molecule has 1 unspecified atom stereocenters. The Kier molecular flexibility index (Phi) is 11.3. The van der Waals surface area contributed by atoms with Gasteiger partial charge in [0, 0.05) is 19.2 Å². The Morgan fingerprint density at radius 1 is 1.19 bits per heavy atom. The number of nitrogens with zero attached hydrogens (tertiary/aromatic N) is 1. The zero-order chi connectivity index (χ0) is 12.2. The first-order valence-electron chi connectivity index (χ1n) is 6.84. The molecule has 0 radical (unpaired) electrons. The van der Waals surface area contributed by atoms with Crippen molar-refractivity contribution in [3.63, 3.8) is 0 Å². The van der Waals surface area contributed by atoms with Gasteiger partial charge in [-0.25, -0.2) is 0 Å². The lowest BCUT2D eigenvalue weighted by Gasteiger charge is -2.26. The van der Waals surface area contributed by atoms with Crippen molar-refractivity contribution in [2.75, 3.05) is 32.8 Å². The van der Waals surface area contributed by atoms with Gasteiger partial charge in [0.05, 0.1) is 0 Å². The molecule has 16 heavy (non-hydrogen) atoms. The summed E-state index contributed by atoms with van der Waals surface area (Å²) in [5.41, 5.74) is 0. The molecule has 0 aromatic carbocycles. The van der Waals surface area contributed by atoms with E-state index in [-0.39, 0.29) is 6.61 Å². The lowest BCUT2D eigenvalue weighted by Crippen LogP contribution is -2.42. The maximum atomic E-state index is 9.04. The van der Waals surface area contributed by atoms with E-state index in [0.29, 0.717) is 6.04 Å². The van der Waals surface area contributed by atoms with E-state index in [4.69, 9.17) is 5.11 Å². The minimum atomic E-state index is 0.284. The van der Waals surface area contributed by atoms with Crippen molar-refractivity contribution in [1.29, 1.82) is 0 Å². The number of aliphatic hydroxyl groups excluding tert-OH is 1. The summed E-state index contributed by atoms with van der Waals surface area (Å²) >= 11 is 0. The van der Waals surface area contributed by atoms with Gasteiger partial charge in [0.25, 0.3) is 0 Å². The van der Waals surface area contributed by atoms with Crippen LogP contribution in [0.3, 0.4) is 0 Å². The molecule has 2 N–H and O–H groups in total. The second kappa shape index (κ2) is 11.4. The topological polar surface area (TPSA) is 35.5 Å². The van der Waals surface area contributed by atoms with Crippen LogP contribution in [0.1, 0.15) is 46.5 Å². The summed E-state index contributed by atoms with van der Waals surface area (Å²) in [4.78, 5) is 2.48. The average molecular weight is 230 g/mol. The molecule has 0 rings (SSSR count). The summed E-state index contributed by atoms with van der Waals surface area (Å²) in [6, 6.07) is 0.446. The molecule has 3 heteroatoms. The van der Waals surface area contributed by atoms with Crippen LogP contribution in [0.5, 0.6) is 0 Å². The first-order chi connectivity index (χ1) is 7.78. The lowest BCUT2D eigenvalue weighted by atomic mass is 10.2. The predicted octanol–water partition coefficient (Wildman–Crippen LogP) is 1.86. The van der Waals surface area contributed by atoms with Crippen LogP contribution in [0.4, 0.5) is 0 Å². The van der Waals surface area contributed by atoms with E-state index in [1.165, 1.54) is 19.4 Å². The summed E-state index contributed by atoms with van der Waals surface area (Å²) in [6.07, 6.45) is 4.54. The summed E-state index contributed by atoms with van der Waals surface area (Å²) in [5, 5.41) is 12.5. The Bertz CT molecular complexity index is 142. The summed E-state index contributed by atoms with van der Waals surface area (Å²) in [6.45, 7) is 11.3. The van der Waals surface area contributed by atoms with Crippen molar-refractivity contribution in [3.8, 4) is 0 Å².